The van der Waals surface area contributed by atoms with Crippen LogP contribution < -0.4 is 0 Å². The van der Waals surface area contributed by atoms with Crippen LogP contribution >= 0.6 is 63.7 Å². The summed E-state index contributed by atoms with van der Waals surface area (Å²) in [5.41, 5.74) is -0.289. The van der Waals surface area contributed by atoms with Crippen molar-refractivity contribution in [2.24, 2.45) is 0 Å². The van der Waals surface area contributed by atoms with E-state index >= 15 is 0 Å². The fourth-order valence-corrected chi connectivity index (χ4v) is 11.2. The van der Waals surface area contributed by atoms with Gasteiger partial charge in [0.05, 0.1) is 5.53 Å². The molecule has 1 unspecified atom stereocenters. The summed E-state index contributed by atoms with van der Waals surface area (Å²) >= 11 is 19.0. The Bertz CT molecular complexity index is 97.3. The van der Waals surface area contributed by atoms with Crippen LogP contribution in [0.5, 0.6) is 0 Å². The van der Waals surface area contributed by atoms with E-state index < -0.39 is 3.67 Å². The first-order valence-corrected chi connectivity index (χ1v) is 8.05. The molecule has 1 atom stereocenters. The van der Waals surface area contributed by atoms with E-state index in [1.807, 2.05) is 0 Å². The summed E-state index contributed by atoms with van der Waals surface area (Å²) in [4.78, 5) is 0. The van der Waals surface area contributed by atoms with Crippen LogP contribution in [-0.2, 0) is 0 Å². The number of hydrogen-bond acceptors (Lipinski definition) is 3. The van der Waals surface area contributed by atoms with Crippen LogP contribution in [0.25, 0.3) is 0 Å². The molecular formula is C2H3Cl2PS3. The van der Waals surface area contributed by atoms with Gasteiger partial charge in [-0.3, -0.25) is 0 Å². The molecule has 0 saturated carbocycles. The molecule has 6 heteroatoms. The minimum Gasteiger partial charge on any atom is -0.130 e. The third-order valence-electron chi connectivity index (χ3n) is 0.555. The highest BCUT2D eigenvalue weighted by atomic mass is 35.5. The largest absolute Gasteiger partial charge is 0.178 e. The first-order valence-electron chi connectivity index (χ1n) is 1.79. The standard InChI is InChI=1S/C2H3Cl2PS3/c3-2(4)1-7-5(6)8-2/h6H,1H2. The van der Waals surface area contributed by atoms with Crippen molar-refractivity contribution in [3.8, 4) is 0 Å². The van der Waals surface area contributed by atoms with Crippen molar-refractivity contribution in [3.05, 3.63) is 0 Å². The predicted octanol–water partition coefficient (Wildman–Crippen LogP) is 3.75. The molecule has 1 saturated heterocycles. The predicted molar refractivity (Wildman–Crippen MR) is 50.4 cm³/mol. The maximum absolute atomic E-state index is 5.74. The first kappa shape index (κ1) is 8.16. The van der Waals surface area contributed by atoms with Gasteiger partial charge in [0.1, 0.15) is 0 Å². The van der Waals surface area contributed by atoms with Crippen molar-refractivity contribution in [2.75, 3.05) is 5.75 Å². The van der Waals surface area contributed by atoms with E-state index in [0.29, 0.717) is 0 Å². The molecule has 48 valence electrons. The van der Waals surface area contributed by atoms with Crippen LogP contribution in [0.2, 0.25) is 0 Å². The molecule has 0 bridgehead atoms. The Kier molecular flexibility index (Phi) is 3.04. The highest BCUT2D eigenvalue weighted by Gasteiger charge is 2.35. The summed E-state index contributed by atoms with van der Waals surface area (Å²) < 4.78 is -0.557. The van der Waals surface area contributed by atoms with E-state index in [-0.39, 0.29) is 5.53 Å². The maximum atomic E-state index is 5.74. The smallest absolute Gasteiger partial charge is 0.130 e. The second kappa shape index (κ2) is 2.98. The molecule has 1 rings (SSSR count). The van der Waals surface area contributed by atoms with Crippen LogP contribution in [-0.4, -0.2) is 9.42 Å². The van der Waals surface area contributed by atoms with E-state index in [1.54, 1.807) is 22.8 Å². The van der Waals surface area contributed by atoms with Crippen molar-refractivity contribution >= 4 is 63.7 Å². The van der Waals surface area contributed by atoms with Crippen molar-refractivity contribution in [1.82, 2.24) is 0 Å². The second-order valence-corrected chi connectivity index (χ2v) is 12.1. The highest BCUT2D eigenvalue weighted by molar-refractivity contribution is 9.11. The van der Waals surface area contributed by atoms with Gasteiger partial charge in [-0.25, -0.2) is 0 Å². The van der Waals surface area contributed by atoms with Crippen molar-refractivity contribution in [3.63, 3.8) is 0 Å². The van der Waals surface area contributed by atoms with Crippen LogP contribution in [0.15, 0.2) is 0 Å². The summed E-state index contributed by atoms with van der Waals surface area (Å²) in [7, 11) is 0. The third kappa shape index (κ3) is 2.36. The van der Waals surface area contributed by atoms with Gasteiger partial charge < -0.3 is 0 Å². The van der Waals surface area contributed by atoms with E-state index in [1.165, 1.54) is 0 Å². The van der Waals surface area contributed by atoms with Gasteiger partial charge in [0.2, 0.25) is 0 Å². The molecule has 1 heterocycles. The number of rotatable bonds is 0. The minimum absolute atomic E-state index is 0.289. The van der Waals surface area contributed by atoms with Gasteiger partial charge in [0, 0.05) is 5.75 Å². The summed E-state index contributed by atoms with van der Waals surface area (Å²) in [6.07, 6.45) is 0. The van der Waals surface area contributed by atoms with Gasteiger partial charge in [-0.05, 0) is 0 Å². The lowest BCUT2D eigenvalue weighted by Crippen LogP contribution is -2.02. The van der Waals surface area contributed by atoms with E-state index in [4.69, 9.17) is 23.2 Å². The summed E-state index contributed by atoms with van der Waals surface area (Å²) in [5.74, 6) is 0.802. The number of alkyl halides is 2. The van der Waals surface area contributed by atoms with Crippen LogP contribution in [0.3, 0.4) is 0 Å². The maximum Gasteiger partial charge on any atom is 0.178 e. The highest BCUT2D eigenvalue weighted by Crippen LogP contribution is 2.76. The molecule has 0 aromatic carbocycles. The molecule has 0 aromatic rings. The Balaban J connectivity index is 2.44. The van der Waals surface area contributed by atoms with Gasteiger partial charge in [0.25, 0.3) is 0 Å². The second-order valence-electron chi connectivity index (χ2n) is 1.24. The normalized spacial score (nSPS) is 35.6. The monoisotopic (exact) mass is 224 g/mol. The Hall–Kier alpha value is 2.06. The molecule has 0 spiro atoms. The van der Waals surface area contributed by atoms with Crippen molar-refractivity contribution in [1.29, 1.82) is 0 Å². The van der Waals surface area contributed by atoms with Gasteiger partial charge in [0.15, 0.2) is 3.67 Å². The minimum atomic E-state index is -0.557. The molecule has 0 radical (unpaired) electrons. The van der Waals surface area contributed by atoms with E-state index in [0.717, 1.165) is 5.75 Å². The SMILES string of the molecule is SP1SCC(Cl)(Cl)S1. The topological polar surface area (TPSA) is 0 Å². The Labute approximate surface area is 72.9 Å². The Morgan fingerprint density at radius 1 is 1.62 bits per heavy atom. The van der Waals surface area contributed by atoms with Gasteiger partial charge in [-0.2, -0.15) is 0 Å². The van der Waals surface area contributed by atoms with Crippen LogP contribution in [0.1, 0.15) is 0 Å². The Morgan fingerprint density at radius 3 is 2.38 bits per heavy atom. The summed E-state index contributed by atoms with van der Waals surface area (Å²) in [5, 5.41) is 0. The zero-order chi connectivity index (χ0) is 6.20. The van der Waals surface area contributed by atoms with Gasteiger partial charge in [-0.1, -0.05) is 34.6 Å². The molecule has 0 N–H and O–H groups in total. The molecule has 1 fully saturated rings. The molecule has 0 aromatic heterocycles. The van der Waals surface area contributed by atoms with E-state index in [9.17, 15) is 0 Å². The van der Waals surface area contributed by atoms with Crippen LogP contribution in [0, 0.1) is 0 Å². The zero-order valence-electron chi connectivity index (χ0n) is 3.67. The summed E-state index contributed by atoms with van der Waals surface area (Å²) in [6, 6.07) is 0. The molecule has 0 aliphatic carbocycles. The number of thiol groups is 1. The quantitative estimate of drug-likeness (QED) is 0.378. The van der Waals surface area contributed by atoms with Crippen molar-refractivity contribution < 1.29 is 0 Å². The zero-order valence-corrected chi connectivity index (χ0v) is 8.61. The number of hydrogen-bond donors (Lipinski definition) is 1. The lowest BCUT2D eigenvalue weighted by Gasteiger charge is -2.05. The molecular weight excluding hydrogens is 222 g/mol. The average molecular weight is 225 g/mol. The van der Waals surface area contributed by atoms with Crippen LogP contribution in [0.4, 0.5) is 0 Å². The molecule has 1 aliphatic rings. The van der Waals surface area contributed by atoms with Gasteiger partial charge >= 0.3 is 0 Å². The Morgan fingerprint density at radius 2 is 2.25 bits per heavy atom. The lowest BCUT2D eigenvalue weighted by atomic mass is 10.9. The third-order valence-corrected chi connectivity index (χ3v) is 9.63. The molecule has 0 nitrogen and oxygen atoms in total. The number of halogens is 2. The van der Waals surface area contributed by atoms with Gasteiger partial charge in [-0.15, -0.1) is 23.6 Å². The van der Waals surface area contributed by atoms with E-state index in [2.05, 4.69) is 12.2 Å². The molecule has 1 aliphatic heterocycles. The van der Waals surface area contributed by atoms with Crippen molar-refractivity contribution in [2.45, 2.75) is 3.67 Å². The fraction of sp³-hybridized carbons (Fsp3) is 1.00. The molecule has 8 heavy (non-hydrogen) atoms. The average Bonchev–Trinajstić information content (AvgIpc) is 1.82. The summed E-state index contributed by atoms with van der Waals surface area (Å²) in [6.45, 7) is 0. The lowest BCUT2D eigenvalue weighted by molar-refractivity contribution is 1.33. The first-order chi connectivity index (χ1) is 3.60. The molecule has 0 amide bonds. The fourth-order valence-electron chi connectivity index (χ4n) is 0.297.